The molecule has 0 atom stereocenters. The lowest BCUT2D eigenvalue weighted by Crippen LogP contribution is -2.36. The van der Waals surface area contributed by atoms with Crippen LogP contribution < -0.4 is 4.90 Å². The van der Waals surface area contributed by atoms with E-state index in [2.05, 4.69) is 53.6 Å². The summed E-state index contributed by atoms with van der Waals surface area (Å²) in [5.41, 5.74) is 6.17. The Morgan fingerprint density at radius 2 is 1.62 bits per heavy atom. The summed E-state index contributed by atoms with van der Waals surface area (Å²) in [5.74, 6) is -0.0721. The van der Waals surface area contributed by atoms with Crippen molar-refractivity contribution in [2.24, 2.45) is 0 Å². The Bertz CT molecular complexity index is 987. The van der Waals surface area contributed by atoms with Crippen molar-refractivity contribution in [1.29, 1.82) is 0 Å². The van der Waals surface area contributed by atoms with Crippen molar-refractivity contribution in [3.05, 3.63) is 53.0 Å². The highest BCUT2D eigenvalue weighted by Crippen LogP contribution is 2.27. The molecule has 6 nitrogen and oxygen atoms in total. The number of hydrogen-bond donors (Lipinski definition) is 0. The number of carbonyl (C=O) groups is 1. The number of rotatable bonds is 3. The molecule has 7 heteroatoms. The summed E-state index contributed by atoms with van der Waals surface area (Å²) in [4.78, 5) is 18.1. The van der Waals surface area contributed by atoms with Gasteiger partial charge in [-0.15, -0.1) is 0 Å². The molecule has 0 N–H and O–H groups in total. The first kappa shape index (κ1) is 19.7. The molecule has 2 aliphatic rings. The van der Waals surface area contributed by atoms with Crippen LogP contribution in [0.2, 0.25) is 0 Å². The van der Waals surface area contributed by atoms with Crippen LogP contribution in [-0.4, -0.2) is 65.8 Å². The van der Waals surface area contributed by atoms with Gasteiger partial charge in [-0.05, 0) is 68.0 Å². The summed E-state index contributed by atoms with van der Waals surface area (Å²) in [6.45, 7) is 7.58. The molecule has 0 bridgehead atoms. The first-order valence-corrected chi connectivity index (χ1v) is 10.2. The zero-order valence-corrected chi connectivity index (χ0v) is 18.1. The summed E-state index contributed by atoms with van der Waals surface area (Å²) < 4.78 is 7.66. The lowest BCUT2D eigenvalue weighted by Gasteiger charge is -2.29. The fourth-order valence-electron chi connectivity index (χ4n) is 4.00. The van der Waals surface area contributed by atoms with Crippen LogP contribution >= 0.6 is 12.2 Å². The Balaban J connectivity index is 1.65. The number of carbonyl (C=O) groups excluding carboxylic acids is 1. The Morgan fingerprint density at radius 3 is 2.21 bits per heavy atom. The van der Waals surface area contributed by atoms with E-state index >= 15 is 0 Å². The molecule has 0 aliphatic carbocycles. The number of benzene rings is 1. The summed E-state index contributed by atoms with van der Waals surface area (Å²) in [5, 5.41) is 0.522. The maximum Gasteiger partial charge on any atom is 0.276 e. The highest BCUT2D eigenvalue weighted by atomic mass is 32.1. The van der Waals surface area contributed by atoms with Crippen molar-refractivity contribution in [3.8, 4) is 5.69 Å². The Labute approximate surface area is 176 Å². The van der Waals surface area contributed by atoms with Gasteiger partial charge < -0.3 is 19.1 Å². The first-order chi connectivity index (χ1) is 13.9. The number of aromatic nitrogens is 1. The van der Waals surface area contributed by atoms with Gasteiger partial charge in [0.2, 0.25) is 0 Å². The molecule has 4 rings (SSSR count). The molecule has 2 fully saturated rings. The van der Waals surface area contributed by atoms with Crippen LogP contribution in [0, 0.1) is 13.8 Å². The van der Waals surface area contributed by atoms with Crippen LogP contribution in [0.15, 0.2) is 36.0 Å². The minimum absolute atomic E-state index is 0.0721. The van der Waals surface area contributed by atoms with Gasteiger partial charge in [0.25, 0.3) is 5.91 Å². The van der Waals surface area contributed by atoms with E-state index in [1.165, 1.54) is 10.6 Å². The van der Waals surface area contributed by atoms with Gasteiger partial charge in [-0.3, -0.25) is 9.69 Å². The van der Waals surface area contributed by atoms with E-state index in [0.29, 0.717) is 10.8 Å². The molecule has 1 amide bonds. The van der Waals surface area contributed by atoms with Crippen LogP contribution in [0.5, 0.6) is 0 Å². The lowest BCUT2D eigenvalue weighted by atomic mass is 10.2. The van der Waals surface area contributed by atoms with Crippen molar-refractivity contribution in [1.82, 2.24) is 14.4 Å². The highest BCUT2D eigenvalue weighted by Gasteiger charge is 2.33. The fraction of sp³-hybridized carbons (Fsp3) is 0.364. The molecule has 0 saturated carbocycles. The van der Waals surface area contributed by atoms with Crippen molar-refractivity contribution in [3.63, 3.8) is 0 Å². The van der Waals surface area contributed by atoms with E-state index in [1.54, 1.807) is 11.9 Å². The number of ether oxygens (including phenoxy) is 1. The van der Waals surface area contributed by atoms with E-state index in [9.17, 15) is 4.79 Å². The van der Waals surface area contributed by atoms with E-state index in [-0.39, 0.29) is 5.91 Å². The Morgan fingerprint density at radius 1 is 1.00 bits per heavy atom. The summed E-state index contributed by atoms with van der Waals surface area (Å²) in [6.07, 6.45) is 1.93. The molecule has 0 radical (unpaired) electrons. The molecule has 3 heterocycles. The third-order valence-corrected chi connectivity index (χ3v) is 6.25. The van der Waals surface area contributed by atoms with Crippen molar-refractivity contribution in [2.45, 2.75) is 13.8 Å². The highest BCUT2D eigenvalue weighted by molar-refractivity contribution is 7.80. The molecule has 152 valence electrons. The average molecular weight is 411 g/mol. The number of nitrogens with zero attached hydrogens (tertiary/aromatic N) is 4. The number of thiocarbonyl (C=S) groups is 1. The van der Waals surface area contributed by atoms with Gasteiger partial charge in [-0.2, -0.15) is 0 Å². The van der Waals surface area contributed by atoms with Crippen molar-refractivity contribution in [2.75, 3.05) is 45.3 Å². The summed E-state index contributed by atoms with van der Waals surface area (Å²) in [6, 6.07) is 10.7. The zero-order chi connectivity index (χ0) is 20.7. The molecular weight excluding hydrogens is 384 g/mol. The summed E-state index contributed by atoms with van der Waals surface area (Å²) >= 11 is 5.31. The fourth-order valence-corrected chi connectivity index (χ4v) is 4.18. The van der Waals surface area contributed by atoms with E-state index < -0.39 is 0 Å². The molecule has 2 saturated heterocycles. The van der Waals surface area contributed by atoms with Crippen LogP contribution in [0.1, 0.15) is 17.0 Å². The monoisotopic (exact) mass is 410 g/mol. The zero-order valence-electron chi connectivity index (χ0n) is 17.3. The normalized spacial score (nSPS) is 19.0. The predicted octanol–water partition coefficient (Wildman–Crippen LogP) is 2.96. The minimum atomic E-state index is -0.0721. The third-order valence-electron chi connectivity index (χ3n) is 5.71. The van der Waals surface area contributed by atoms with Gasteiger partial charge in [0.05, 0.1) is 13.2 Å². The molecule has 0 unspecified atom stereocenters. The number of likely N-dealkylation sites (N-methyl/N-ethyl adjacent to an activating group) is 2. The average Bonchev–Trinajstić information content (AvgIpc) is 3.12. The second-order valence-electron chi connectivity index (χ2n) is 7.51. The smallest absolute Gasteiger partial charge is 0.276 e. The second kappa shape index (κ2) is 7.65. The SMILES string of the molecule is Cc1cc(/C=C2/C(=O)N(C)C(=S)N2C)c(C)n1-c1ccc(N2CCOCC2)cc1. The molecule has 1 aromatic heterocycles. The number of hydrogen-bond acceptors (Lipinski definition) is 4. The van der Waals surface area contributed by atoms with Crippen LogP contribution in [0.25, 0.3) is 11.8 Å². The van der Waals surface area contributed by atoms with E-state index in [0.717, 1.165) is 48.9 Å². The molecule has 0 spiro atoms. The quantitative estimate of drug-likeness (QED) is 0.575. The number of anilines is 1. The van der Waals surface area contributed by atoms with Crippen LogP contribution in [-0.2, 0) is 9.53 Å². The molecule has 1 aromatic carbocycles. The maximum absolute atomic E-state index is 12.5. The molecule has 2 aliphatic heterocycles. The molecular formula is C22H26N4O2S. The van der Waals surface area contributed by atoms with Gasteiger partial charge in [-0.25, -0.2) is 0 Å². The predicted molar refractivity (Wildman–Crippen MR) is 119 cm³/mol. The number of morpholine rings is 1. The van der Waals surface area contributed by atoms with Crippen molar-refractivity contribution < 1.29 is 9.53 Å². The lowest BCUT2D eigenvalue weighted by molar-refractivity contribution is -0.121. The molecule has 29 heavy (non-hydrogen) atoms. The number of aryl methyl sites for hydroxylation is 1. The largest absolute Gasteiger partial charge is 0.378 e. The summed E-state index contributed by atoms with van der Waals surface area (Å²) in [7, 11) is 3.54. The van der Waals surface area contributed by atoms with E-state index in [4.69, 9.17) is 17.0 Å². The molecule has 2 aromatic rings. The van der Waals surface area contributed by atoms with Crippen molar-refractivity contribution >= 4 is 35.0 Å². The second-order valence-corrected chi connectivity index (χ2v) is 7.88. The minimum Gasteiger partial charge on any atom is -0.378 e. The van der Waals surface area contributed by atoms with Gasteiger partial charge in [0, 0.05) is 49.9 Å². The standard InChI is InChI=1S/C22H26N4O2S/c1-15-13-17(14-20-21(27)24(4)22(29)23(20)3)16(2)26(15)19-7-5-18(6-8-19)25-9-11-28-12-10-25/h5-8,13-14H,9-12H2,1-4H3/b20-14-. The Kier molecular flexibility index (Phi) is 5.19. The van der Waals surface area contributed by atoms with Crippen LogP contribution in [0.4, 0.5) is 5.69 Å². The topological polar surface area (TPSA) is 41.0 Å². The van der Waals surface area contributed by atoms with Gasteiger partial charge in [0.1, 0.15) is 5.70 Å². The van der Waals surface area contributed by atoms with Gasteiger partial charge in [0.15, 0.2) is 5.11 Å². The Hall–Kier alpha value is -2.64. The maximum atomic E-state index is 12.5. The van der Waals surface area contributed by atoms with Gasteiger partial charge in [-0.1, -0.05) is 0 Å². The number of amides is 1. The third kappa shape index (κ3) is 3.45. The first-order valence-electron chi connectivity index (χ1n) is 9.78. The van der Waals surface area contributed by atoms with Crippen LogP contribution in [0.3, 0.4) is 0 Å². The van der Waals surface area contributed by atoms with E-state index in [1.807, 2.05) is 13.1 Å². The van der Waals surface area contributed by atoms with Gasteiger partial charge >= 0.3 is 0 Å².